The first-order valence-electron chi connectivity index (χ1n) is 20.7. The molecule has 14 N–H and O–H groups in total. The average Bonchev–Trinajstić information content (AvgIpc) is 3.84. The molecular weight excluding hydrogens is 942 g/mol. The van der Waals surface area contributed by atoms with Crippen LogP contribution in [0.5, 0.6) is 5.75 Å². The van der Waals surface area contributed by atoms with E-state index in [0.29, 0.717) is 11.1 Å². The van der Waals surface area contributed by atoms with Crippen molar-refractivity contribution < 1.29 is 77.0 Å². The van der Waals surface area contributed by atoms with Gasteiger partial charge >= 0.3 is 29.8 Å². The number of aromatic amines is 2. The van der Waals surface area contributed by atoms with Gasteiger partial charge in [-0.1, -0.05) is 30.3 Å². The van der Waals surface area contributed by atoms with Crippen molar-refractivity contribution in [3.8, 4) is 5.75 Å². The van der Waals surface area contributed by atoms with E-state index in [4.69, 9.17) is 20.4 Å². The normalized spacial score (nSPS) is 18.1. The number of para-hydroxylation sites is 1. The minimum Gasteiger partial charge on any atom is -0.508 e. The van der Waals surface area contributed by atoms with Gasteiger partial charge in [0.1, 0.15) is 47.9 Å². The third-order valence-corrected chi connectivity index (χ3v) is 10.5. The van der Waals surface area contributed by atoms with Gasteiger partial charge in [-0.25, -0.2) is 19.2 Å². The van der Waals surface area contributed by atoms with Crippen molar-refractivity contribution in [1.29, 1.82) is 0 Å². The van der Waals surface area contributed by atoms with Crippen LogP contribution in [0.3, 0.4) is 0 Å². The van der Waals surface area contributed by atoms with Crippen LogP contribution in [0.25, 0.3) is 10.9 Å². The summed E-state index contributed by atoms with van der Waals surface area (Å²) in [4.78, 5) is 118. The van der Waals surface area contributed by atoms with Crippen LogP contribution in [0.1, 0.15) is 31.2 Å². The molecular formula is C42H49F3N10O15. The number of aliphatic hydroxyl groups excluding tert-OH is 2. The second-order valence-corrected chi connectivity index (χ2v) is 15.5. The SMILES string of the molecule is C[C@H](NC(=O)N[C@@H](Cc1c[nH]c2ccccc12)C(=O)O)C(=O)N[C@H](C(=O)N/C=C1\O[C@@H](n2ccc(=O)[nH]c2=O)[C@H](O)[C@@H]1O)[C@H](C)N(C)C(=O)[C@@H](Cc1cccc(O)c1)NC(=O)CN.O=C(O)C(F)(F)F. The maximum Gasteiger partial charge on any atom is 0.490 e. The summed E-state index contributed by atoms with van der Waals surface area (Å²) in [5, 5.41) is 61.2. The Hall–Kier alpha value is -8.24. The zero-order chi connectivity index (χ0) is 52.2. The first kappa shape index (κ1) is 54.4. The predicted molar refractivity (Wildman–Crippen MR) is 235 cm³/mol. The highest BCUT2D eigenvalue weighted by Crippen LogP contribution is 2.30. The molecule has 4 aromatic rings. The molecule has 0 aliphatic carbocycles. The number of aromatic hydroxyl groups is 1. The second-order valence-electron chi connectivity index (χ2n) is 15.5. The number of nitrogens with one attached hydrogen (secondary N) is 7. The molecule has 378 valence electrons. The summed E-state index contributed by atoms with van der Waals surface area (Å²) in [6.45, 7) is 2.15. The van der Waals surface area contributed by atoms with E-state index in [9.17, 15) is 72.0 Å². The number of benzene rings is 2. The molecule has 8 atom stereocenters. The summed E-state index contributed by atoms with van der Waals surface area (Å²) >= 11 is 0. The Labute approximate surface area is 392 Å². The molecule has 0 spiro atoms. The molecule has 2 aromatic carbocycles. The maximum atomic E-state index is 14.0. The Bertz CT molecular complexity index is 2720. The van der Waals surface area contributed by atoms with Crippen LogP contribution in [-0.4, -0.2) is 149 Å². The number of H-pyrrole nitrogens is 2. The molecule has 5 rings (SSSR count). The first-order chi connectivity index (χ1) is 32.8. The summed E-state index contributed by atoms with van der Waals surface area (Å²) in [7, 11) is 1.28. The van der Waals surface area contributed by atoms with E-state index in [-0.39, 0.29) is 18.6 Å². The van der Waals surface area contributed by atoms with Gasteiger partial charge in [0.05, 0.1) is 12.6 Å². The van der Waals surface area contributed by atoms with Gasteiger partial charge in [0.15, 0.2) is 0 Å². The van der Waals surface area contributed by atoms with E-state index in [1.165, 1.54) is 39.1 Å². The lowest BCUT2D eigenvalue weighted by atomic mass is 10.0. The van der Waals surface area contributed by atoms with Gasteiger partial charge < -0.3 is 72.5 Å². The molecule has 1 aliphatic heterocycles. The van der Waals surface area contributed by atoms with Gasteiger partial charge in [-0.15, -0.1) is 0 Å². The number of carbonyl (C=O) groups excluding carboxylic acids is 5. The number of alkyl halides is 3. The summed E-state index contributed by atoms with van der Waals surface area (Å²) in [6, 6.07) is 5.92. The smallest absolute Gasteiger partial charge is 0.490 e. The Morgan fingerprint density at radius 1 is 0.914 bits per heavy atom. The topological polar surface area (TPSA) is 390 Å². The van der Waals surface area contributed by atoms with Crippen molar-refractivity contribution in [3.05, 3.63) is 111 Å². The van der Waals surface area contributed by atoms with Crippen molar-refractivity contribution in [2.45, 2.75) is 81.5 Å². The minimum atomic E-state index is -5.08. The number of nitrogens with zero attached hydrogens (tertiary/aromatic N) is 2. The predicted octanol–water partition coefficient (Wildman–Crippen LogP) is -2.03. The van der Waals surface area contributed by atoms with Gasteiger partial charge in [0, 0.05) is 55.5 Å². The highest BCUT2D eigenvalue weighted by molar-refractivity contribution is 5.94. The molecule has 28 heteroatoms. The van der Waals surface area contributed by atoms with Crippen LogP contribution >= 0.6 is 0 Å². The van der Waals surface area contributed by atoms with E-state index in [1.54, 1.807) is 36.5 Å². The molecule has 0 unspecified atom stereocenters. The molecule has 1 aliphatic rings. The maximum absolute atomic E-state index is 14.0. The number of hydrogen-bond donors (Lipinski definition) is 13. The van der Waals surface area contributed by atoms with Crippen molar-refractivity contribution in [2.24, 2.45) is 5.73 Å². The van der Waals surface area contributed by atoms with Gasteiger partial charge in [-0.3, -0.25) is 33.5 Å². The lowest BCUT2D eigenvalue weighted by Gasteiger charge is -2.34. The molecule has 25 nitrogen and oxygen atoms in total. The summed E-state index contributed by atoms with van der Waals surface area (Å²) < 4.78 is 38.1. The lowest BCUT2D eigenvalue weighted by molar-refractivity contribution is -0.192. The van der Waals surface area contributed by atoms with Crippen LogP contribution in [0.2, 0.25) is 0 Å². The number of fused-ring (bicyclic) bond motifs is 1. The molecule has 0 saturated carbocycles. The van der Waals surface area contributed by atoms with Crippen LogP contribution < -0.4 is 43.6 Å². The summed E-state index contributed by atoms with van der Waals surface area (Å²) in [5.74, 6) is -8.13. The lowest BCUT2D eigenvalue weighted by Crippen LogP contribution is -2.62. The third kappa shape index (κ3) is 14.4. The number of phenols is 1. The number of rotatable bonds is 17. The first-order valence-corrected chi connectivity index (χ1v) is 20.7. The molecule has 1 saturated heterocycles. The van der Waals surface area contributed by atoms with Gasteiger partial charge in [-0.2, -0.15) is 13.2 Å². The fourth-order valence-electron chi connectivity index (χ4n) is 6.71. The Kier molecular flexibility index (Phi) is 18.4. The largest absolute Gasteiger partial charge is 0.508 e. The number of halogens is 3. The number of ether oxygens (including phenoxy) is 1. The van der Waals surface area contributed by atoms with E-state index in [2.05, 4.69) is 31.6 Å². The highest BCUT2D eigenvalue weighted by atomic mass is 19.4. The number of phenolic OH excluding ortho intramolecular Hbond substituents is 1. The fraction of sp³-hybridized carbons (Fsp3) is 0.357. The number of carboxylic acids is 2. The minimum absolute atomic E-state index is 0.107. The van der Waals surface area contributed by atoms with Gasteiger partial charge in [0.2, 0.25) is 29.9 Å². The zero-order valence-corrected chi connectivity index (χ0v) is 37.1. The standard InChI is InChI=1S/C40H48N10O13.C2HF3O2/c1-19(44-39(61)46-27(38(59)60)15-22-17-42-25-10-5-4-9-24(22)25)34(56)48-31(20(2)49(3)36(58)26(45-30(53)16-41)14-21-7-6-8-23(51)13-21)35(57)43-18-28-32(54)33(55)37(63-28)50-12-11-29(52)47-40(50)62;3-2(4,5)1(6)7/h4-13,17-20,26-27,31-33,37,42,51,54-55H,14-16,41H2,1-3H3,(H,43,57)(H,45,53)(H,48,56)(H,59,60)(H2,44,46,61)(H,47,52,62);(H,6,7)/b28-18-;/t19-,20-,26+,27-,31-,32+,33+,37+;/m0./s1. The van der Waals surface area contributed by atoms with Crippen LogP contribution in [0, 0.1) is 0 Å². The number of urea groups is 1. The van der Waals surface area contributed by atoms with E-state index < -0.39 is 120 Å². The van der Waals surface area contributed by atoms with Crippen molar-refractivity contribution in [1.82, 2.24) is 46.0 Å². The number of aromatic nitrogens is 3. The summed E-state index contributed by atoms with van der Waals surface area (Å²) in [5.41, 5.74) is 5.62. The second kappa shape index (κ2) is 23.7. The molecule has 70 heavy (non-hydrogen) atoms. The molecule has 2 aromatic heterocycles. The number of amides is 6. The molecule has 0 bridgehead atoms. The van der Waals surface area contributed by atoms with E-state index in [1.807, 2.05) is 4.98 Å². The Balaban J connectivity index is 0.00000141. The quantitative estimate of drug-likeness (QED) is 0.0542. The van der Waals surface area contributed by atoms with Crippen LogP contribution in [0.15, 0.2) is 88.5 Å². The number of carbonyl (C=O) groups is 7. The highest BCUT2D eigenvalue weighted by Gasteiger charge is 2.42. The number of likely N-dealkylation sites (N-methyl/N-ethyl adjacent to an activating group) is 1. The number of nitrogens with two attached hydrogens (primary N) is 1. The number of hydrogen-bond acceptors (Lipinski definition) is 14. The third-order valence-electron chi connectivity index (χ3n) is 10.5. The fourth-order valence-corrected chi connectivity index (χ4v) is 6.71. The van der Waals surface area contributed by atoms with Crippen LogP contribution in [0.4, 0.5) is 18.0 Å². The monoisotopic (exact) mass is 990 g/mol. The number of aliphatic hydroxyl groups is 2. The molecule has 0 radical (unpaired) electrons. The van der Waals surface area contributed by atoms with Crippen molar-refractivity contribution >= 4 is 52.5 Å². The molecule has 1 fully saturated rings. The van der Waals surface area contributed by atoms with E-state index in [0.717, 1.165) is 38.8 Å². The van der Waals surface area contributed by atoms with Crippen molar-refractivity contribution in [2.75, 3.05) is 13.6 Å². The Morgan fingerprint density at radius 2 is 1.59 bits per heavy atom. The van der Waals surface area contributed by atoms with Crippen molar-refractivity contribution in [3.63, 3.8) is 0 Å². The van der Waals surface area contributed by atoms with Gasteiger partial charge in [-0.05, 0) is 43.2 Å². The number of carboxylic acid groups (broad SMARTS) is 2. The number of aliphatic carboxylic acids is 2. The van der Waals surface area contributed by atoms with Crippen LogP contribution in [-0.2, 0) is 46.3 Å². The van der Waals surface area contributed by atoms with Gasteiger partial charge in [0.25, 0.3) is 5.56 Å². The average molecular weight is 991 g/mol. The molecule has 6 amide bonds. The Morgan fingerprint density at radius 3 is 2.20 bits per heavy atom. The van der Waals surface area contributed by atoms with E-state index >= 15 is 0 Å². The summed E-state index contributed by atoms with van der Waals surface area (Å²) in [6.07, 6.45) is -6.94. The molecule has 3 heterocycles. The zero-order valence-electron chi connectivity index (χ0n) is 37.1.